The molecule has 0 saturated heterocycles. The van der Waals surface area contributed by atoms with Crippen LogP contribution in [0.2, 0.25) is 0 Å². The molecule has 0 aliphatic carbocycles. The predicted octanol–water partition coefficient (Wildman–Crippen LogP) is 15.2. The van der Waals surface area contributed by atoms with Crippen molar-refractivity contribution < 1.29 is 4.42 Å². The zero-order chi connectivity index (χ0) is 41.0. The van der Waals surface area contributed by atoms with Crippen LogP contribution in [0.25, 0.3) is 121 Å². The van der Waals surface area contributed by atoms with E-state index in [-0.39, 0.29) is 0 Å². The molecule has 12 rings (SSSR count). The number of thiophene rings is 1. The molecule has 0 spiro atoms. The van der Waals surface area contributed by atoms with Crippen LogP contribution >= 0.6 is 11.3 Å². The van der Waals surface area contributed by atoms with Gasteiger partial charge < -0.3 is 4.42 Å². The largest absolute Gasteiger partial charge is 0.455 e. The molecule has 290 valence electrons. The van der Waals surface area contributed by atoms with Gasteiger partial charge in [0.15, 0.2) is 17.5 Å². The van der Waals surface area contributed by atoms with Crippen molar-refractivity contribution >= 4 is 54.3 Å². The van der Waals surface area contributed by atoms with E-state index in [1.807, 2.05) is 66.7 Å². The Morgan fingerprint density at radius 1 is 0.355 bits per heavy atom. The molecular formula is C56H34N4OS. The number of nitrogens with zero attached hydrogens (tertiary/aromatic N) is 4. The summed E-state index contributed by atoms with van der Waals surface area (Å²) in [6.07, 6.45) is 0. The van der Waals surface area contributed by atoms with E-state index in [1.54, 1.807) is 11.3 Å². The monoisotopic (exact) mass is 810 g/mol. The minimum atomic E-state index is 0.633. The molecule has 62 heavy (non-hydrogen) atoms. The predicted molar refractivity (Wildman–Crippen MR) is 256 cm³/mol. The molecule has 4 aromatic heterocycles. The van der Waals surface area contributed by atoms with Crippen LogP contribution in [0.1, 0.15) is 0 Å². The molecule has 5 nitrogen and oxygen atoms in total. The Morgan fingerprint density at radius 2 is 0.839 bits per heavy atom. The van der Waals surface area contributed by atoms with Crippen LogP contribution in [0, 0.1) is 0 Å². The molecule has 0 bridgehead atoms. The van der Waals surface area contributed by atoms with Crippen molar-refractivity contribution in [2.45, 2.75) is 0 Å². The van der Waals surface area contributed by atoms with Gasteiger partial charge in [-0.3, -0.25) is 0 Å². The van der Waals surface area contributed by atoms with Crippen molar-refractivity contribution in [3.05, 3.63) is 206 Å². The second-order valence-electron chi connectivity index (χ2n) is 15.3. The summed E-state index contributed by atoms with van der Waals surface area (Å²) in [4.78, 5) is 21.2. The van der Waals surface area contributed by atoms with Gasteiger partial charge in [-0.05, 0) is 28.8 Å². The molecule has 0 fully saturated rings. The summed E-state index contributed by atoms with van der Waals surface area (Å²) < 4.78 is 7.88. The zero-order valence-electron chi connectivity index (χ0n) is 33.2. The summed E-state index contributed by atoms with van der Waals surface area (Å²) in [5, 5.41) is 4.52. The van der Waals surface area contributed by atoms with Crippen molar-refractivity contribution in [2.24, 2.45) is 0 Å². The quantitative estimate of drug-likeness (QED) is 0.160. The van der Waals surface area contributed by atoms with Crippen molar-refractivity contribution in [2.75, 3.05) is 0 Å². The summed E-state index contributed by atoms with van der Waals surface area (Å²) in [5.41, 5.74) is 13.2. The van der Waals surface area contributed by atoms with E-state index >= 15 is 0 Å². The Kier molecular flexibility index (Phi) is 8.61. The fourth-order valence-corrected chi connectivity index (χ4v) is 9.91. The molecule has 4 heterocycles. The lowest BCUT2D eigenvalue weighted by Crippen LogP contribution is -2.00. The number of fused-ring (bicyclic) bond motifs is 6. The average molecular weight is 811 g/mol. The van der Waals surface area contributed by atoms with Gasteiger partial charge in [-0.25, -0.2) is 19.9 Å². The maximum Gasteiger partial charge on any atom is 0.164 e. The first-order valence-electron chi connectivity index (χ1n) is 20.6. The Morgan fingerprint density at radius 3 is 1.47 bits per heavy atom. The van der Waals surface area contributed by atoms with Gasteiger partial charge in [0.1, 0.15) is 11.2 Å². The van der Waals surface area contributed by atoms with E-state index in [0.717, 1.165) is 93.3 Å². The first kappa shape index (κ1) is 35.8. The number of para-hydroxylation sites is 3. The van der Waals surface area contributed by atoms with Crippen molar-refractivity contribution in [1.29, 1.82) is 0 Å². The number of rotatable bonds is 7. The van der Waals surface area contributed by atoms with Gasteiger partial charge >= 0.3 is 0 Å². The molecule has 0 amide bonds. The summed E-state index contributed by atoms with van der Waals surface area (Å²) >= 11 is 1.80. The topological polar surface area (TPSA) is 64.7 Å². The molecule has 0 atom stereocenters. The average Bonchev–Trinajstić information content (AvgIpc) is 3.95. The summed E-state index contributed by atoms with van der Waals surface area (Å²) in [7, 11) is 0. The maximum absolute atomic E-state index is 6.73. The molecule has 0 aliphatic heterocycles. The number of benzene rings is 8. The van der Waals surface area contributed by atoms with E-state index in [0.29, 0.717) is 17.5 Å². The van der Waals surface area contributed by atoms with Crippen LogP contribution in [0.15, 0.2) is 211 Å². The van der Waals surface area contributed by atoms with Gasteiger partial charge in [0.25, 0.3) is 0 Å². The van der Waals surface area contributed by atoms with E-state index in [9.17, 15) is 0 Å². The smallest absolute Gasteiger partial charge is 0.164 e. The Labute approximate surface area is 361 Å². The van der Waals surface area contributed by atoms with Crippen molar-refractivity contribution in [1.82, 2.24) is 19.9 Å². The third-order valence-electron chi connectivity index (χ3n) is 11.6. The van der Waals surface area contributed by atoms with Crippen LogP contribution in [0.3, 0.4) is 0 Å². The van der Waals surface area contributed by atoms with Crippen LogP contribution in [0.4, 0.5) is 0 Å². The van der Waals surface area contributed by atoms with Gasteiger partial charge in [0.05, 0.1) is 15.9 Å². The number of hydrogen-bond donors (Lipinski definition) is 0. The molecule has 0 radical (unpaired) electrons. The Balaban J connectivity index is 0.990. The number of furan rings is 1. The van der Waals surface area contributed by atoms with Gasteiger partial charge in [-0.15, -0.1) is 11.3 Å². The highest BCUT2D eigenvalue weighted by molar-refractivity contribution is 7.23. The van der Waals surface area contributed by atoms with Crippen LogP contribution in [-0.4, -0.2) is 19.9 Å². The highest BCUT2D eigenvalue weighted by Gasteiger charge is 2.25. The van der Waals surface area contributed by atoms with Crippen molar-refractivity contribution in [3.8, 4) is 78.1 Å². The van der Waals surface area contributed by atoms with E-state index in [4.69, 9.17) is 24.4 Å². The van der Waals surface area contributed by atoms with Crippen molar-refractivity contribution in [3.63, 3.8) is 0 Å². The third-order valence-corrected chi connectivity index (χ3v) is 12.8. The first-order valence-corrected chi connectivity index (χ1v) is 21.4. The van der Waals surface area contributed by atoms with E-state index in [2.05, 4.69) is 140 Å². The molecule has 0 saturated carbocycles. The second-order valence-corrected chi connectivity index (χ2v) is 16.3. The summed E-state index contributed by atoms with van der Waals surface area (Å²) in [6, 6.07) is 71.5. The lowest BCUT2D eigenvalue weighted by molar-refractivity contribution is 0.670. The SMILES string of the molecule is c1ccc(-c2nc(-c3ccccc3)nc(-c3ccc(-c4ccc(-c5sc6c(-c7ccccc7)nc7ccccc7c6c5-c5cccc6c5oc5ccccc56)cc4)cc3)n2)cc1. The van der Waals surface area contributed by atoms with Crippen LogP contribution < -0.4 is 0 Å². The highest BCUT2D eigenvalue weighted by Crippen LogP contribution is 2.52. The minimum absolute atomic E-state index is 0.633. The number of aromatic nitrogens is 4. The zero-order valence-corrected chi connectivity index (χ0v) is 34.1. The van der Waals surface area contributed by atoms with Gasteiger partial charge in [0.2, 0.25) is 0 Å². The van der Waals surface area contributed by atoms with Gasteiger partial charge in [0, 0.05) is 59.8 Å². The second kappa shape index (κ2) is 14.9. The Bertz CT molecular complexity index is 3540. The molecule has 0 unspecified atom stereocenters. The summed E-state index contributed by atoms with van der Waals surface area (Å²) in [6.45, 7) is 0. The molecular weight excluding hydrogens is 777 g/mol. The molecule has 6 heteroatoms. The lowest BCUT2D eigenvalue weighted by atomic mass is 9.93. The normalized spacial score (nSPS) is 11.5. The van der Waals surface area contributed by atoms with Gasteiger partial charge in [-0.2, -0.15) is 0 Å². The maximum atomic E-state index is 6.73. The molecule has 0 N–H and O–H groups in total. The standard InChI is InChI=1S/C56H34N4OS/c1-4-15-37(16-5-1)50-53-48(44-22-10-12-25-46(44)57-50)49(45-24-14-23-43-42-21-11-13-26-47(42)61-51(43)45)52(62-53)38-31-27-35(28-32-38)36-29-33-41(34-30-36)56-59-54(39-17-6-2-7-18-39)58-55(60-56)40-19-8-3-9-20-40/h1-34H. The number of pyridine rings is 1. The third kappa shape index (κ3) is 6.16. The van der Waals surface area contributed by atoms with Crippen LogP contribution in [0.5, 0.6) is 0 Å². The minimum Gasteiger partial charge on any atom is -0.455 e. The van der Waals surface area contributed by atoms with Crippen LogP contribution in [-0.2, 0) is 0 Å². The molecule has 12 aromatic rings. The fourth-order valence-electron chi connectivity index (χ4n) is 8.57. The first-order chi connectivity index (χ1) is 30.7. The fraction of sp³-hybridized carbons (Fsp3) is 0. The molecule has 8 aromatic carbocycles. The van der Waals surface area contributed by atoms with Gasteiger partial charge in [-0.1, -0.05) is 194 Å². The Hall–Kier alpha value is -8.06. The lowest BCUT2D eigenvalue weighted by Gasteiger charge is -2.11. The summed E-state index contributed by atoms with van der Waals surface area (Å²) in [5.74, 6) is 1.92. The van der Waals surface area contributed by atoms with E-state index < -0.39 is 0 Å². The molecule has 0 aliphatic rings. The highest BCUT2D eigenvalue weighted by atomic mass is 32.1. The number of hydrogen-bond acceptors (Lipinski definition) is 6. The van der Waals surface area contributed by atoms with E-state index in [1.165, 1.54) is 10.3 Å².